The molecule has 324 valence electrons. The maximum atomic E-state index is 15.7. The van der Waals surface area contributed by atoms with Crippen LogP contribution in [0.25, 0.3) is 78.6 Å². The second-order valence-electron chi connectivity index (χ2n) is 14.8. The average Bonchev–Trinajstić information content (AvgIpc) is 4.19. The zero-order valence-electron chi connectivity index (χ0n) is 32.8. The highest BCUT2D eigenvalue weighted by atomic mass is 19.2. The van der Waals surface area contributed by atoms with Gasteiger partial charge in [-0.3, -0.25) is 0 Å². The number of H-pyrrole nitrogens is 3. The Balaban J connectivity index is 1.19. The molecule has 0 spiro atoms. The van der Waals surface area contributed by atoms with Gasteiger partial charge >= 0.3 is 0 Å². The smallest absolute Gasteiger partial charge is 0.200 e. The van der Waals surface area contributed by atoms with Crippen LogP contribution in [0.4, 0.5) is 43.9 Å². The summed E-state index contributed by atoms with van der Waals surface area (Å²) in [4.78, 5) is 13.4. The number of fused-ring (bicyclic) bond motifs is 9. The largest absolute Gasteiger partial charge is 0.487 e. The number of nitrogens with one attached hydrogen (secondary N) is 3. The Hall–Kier alpha value is -8.15. The Morgan fingerprint density at radius 1 is 0.446 bits per heavy atom. The Kier molecular flexibility index (Phi) is 9.99. The van der Waals surface area contributed by atoms with Gasteiger partial charge in [-0.05, 0) is 71.8 Å². The lowest BCUT2D eigenvalue weighted by Crippen LogP contribution is -2.05. The van der Waals surface area contributed by atoms with Gasteiger partial charge in [0, 0.05) is 38.8 Å². The van der Waals surface area contributed by atoms with E-state index in [9.17, 15) is 26.3 Å². The van der Waals surface area contributed by atoms with E-state index in [2.05, 4.69) is 30.2 Å². The topological polar surface area (TPSA) is 100 Å². The maximum Gasteiger partial charge on any atom is 0.200 e. The second kappa shape index (κ2) is 15.9. The zero-order valence-corrected chi connectivity index (χ0v) is 32.8. The van der Waals surface area contributed by atoms with E-state index < -0.39 is 80.4 Å². The quantitative estimate of drug-likeness (QED) is 0.0803. The summed E-state index contributed by atoms with van der Waals surface area (Å²) in [5.41, 5.74) is -1.68. The van der Waals surface area contributed by atoms with Crippen LogP contribution in [0.15, 0.2) is 97.2 Å². The summed E-state index contributed by atoms with van der Waals surface area (Å²) < 4.78 is 159. The molecule has 4 aromatic carbocycles. The van der Waals surface area contributed by atoms with Crippen molar-refractivity contribution in [2.45, 2.75) is 13.2 Å². The minimum atomic E-state index is -2.37. The summed E-state index contributed by atoms with van der Waals surface area (Å²) in [6.45, 7) is 0.519. The van der Waals surface area contributed by atoms with Crippen molar-refractivity contribution in [1.29, 1.82) is 0 Å². The van der Waals surface area contributed by atoms with E-state index in [1.165, 1.54) is 48.6 Å². The van der Waals surface area contributed by atoms with Crippen molar-refractivity contribution < 1.29 is 48.6 Å². The molecule has 0 amide bonds. The first-order valence-corrected chi connectivity index (χ1v) is 19.4. The summed E-state index contributed by atoms with van der Waals surface area (Å²) in [6, 6.07) is 24.1. The number of aromatic nitrogens is 7. The van der Waals surface area contributed by atoms with Crippen LogP contribution >= 0.6 is 0 Å². The fraction of sp³-hybridized carbons (Fsp3) is 0.0426. The number of hydrogen-bond donors (Lipinski definition) is 3. The normalized spacial score (nSPS) is 11.9. The highest BCUT2D eigenvalue weighted by molar-refractivity contribution is 6.00. The molecule has 0 saturated carbocycles. The van der Waals surface area contributed by atoms with E-state index in [0.29, 0.717) is 23.6 Å². The standard InChI is InChI=1S/C47H25F10N7O/c48-38-36(39(49)43(53)46(56)42(38)52)34-29-12-10-25(58-29)26-11-13-30(59-26)35(37-40(50)44(54)47(57)45(55)41(37)51)32-17-15-28(61-32)33(27-14-16-31(34)60-27)22-6-8-24(9-7-22)65-20-23-19-64(63-62-23)18-21-4-2-1-3-5-21/h1-17,19,58-60H,18,20H2. The summed E-state index contributed by atoms with van der Waals surface area (Å²) in [5, 5.41) is 8.32. The summed E-state index contributed by atoms with van der Waals surface area (Å²) >= 11 is 0. The number of halogens is 10. The molecule has 8 nitrogen and oxygen atoms in total. The molecule has 1 aliphatic rings. The third-order valence-corrected chi connectivity index (χ3v) is 10.8. The third-order valence-electron chi connectivity index (χ3n) is 10.8. The van der Waals surface area contributed by atoms with Gasteiger partial charge in [0.15, 0.2) is 46.5 Å². The van der Waals surface area contributed by atoms with Crippen molar-refractivity contribution in [3.63, 3.8) is 0 Å². The van der Waals surface area contributed by atoms with E-state index in [1.54, 1.807) is 35.1 Å². The molecule has 1 aliphatic heterocycles. The van der Waals surface area contributed by atoms with Crippen LogP contribution < -0.4 is 4.74 Å². The van der Waals surface area contributed by atoms with Crippen LogP contribution in [0.1, 0.15) is 22.6 Å². The molecule has 0 atom stereocenters. The predicted molar refractivity (Wildman–Crippen MR) is 221 cm³/mol. The third kappa shape index (κ3) is 7.02. The summed E-state index contributed by atoms with van der Waals surface area (Å²) in [5.74, 6) is -21.6. The molecule has 65 heavy (non-hydrogen) atoms. The second-order valence-corrected chi connectivity index (χ2v) is 14.8. The zero-order chi connectivity index (χ0) is 45.3. The van der Waals surface area contributed by atoms with Crippen LogP contribution in [-0.4, -0.2) is 34.9 Å². The van der Waals surface area contributed by atoms with E-state index in [-0.39, 0.29) is 56.7 Å². The minimum absolute atomic E-state index is 0.0337. The fourth-order valence-electron chi connectivity index (χ4n) is 7.76. The van der Waals surface area contributed by atoms with Gasteiger partial charge in [-0.25, -0.2) is 53.6 Å². The molecule has 0 unspecified atom stereocenters. The Bertz CT molecular complexity index is 3480. The summed E-state index contributed by atoms with van der Waals surface area (Å²) in [6.07, 6.45) is 4.43. The van der Waals surface area contributed by atoms with Crippen molar-refractivity contribution in [3.8, 4) is 39.1 Å². The lowest BCUT2D eigenvalue weighted by molar-refractivity contribution is 0.301. The van der Waals surface area contributed by atoms with Crippen LogP contribution in [0.2, 0.25) is 0 Å². The maximum absolute atomic E-state index is 15.7. The lowest BCUT2D eigenvalue weighted by Gasteiger charge is -2.10. The van der Waals surface area contributed by atoms with Crippen molar-refractivity contribution in [2.24, 2.45) is 0 Å². The lowest BCUT2D eigenvalue weighted by atomic mass is 10.0. The molecule has 9 aromatic rings. The molecule has 8 bridgehead atoms. The van der Waals surface area contributed by atoms with Crippen LogP contribution in [0.5, 0.6) is 5.75 Å². The predicted octanol–water partition coefficient (Wildman–Crippen LogP) is 12.3. The highest BCUT2D eigenvalue weighted by Crippen LogP contribution is 2.41. The number of rotatable bonds is 8. The Labute approximate surface area is 358 Å². The van der Waals surface area contributed by atoms with Gasteiger partial charge in [0.2, 0.25) is 11.6 Å². The van der Waals surface area contributed by atoms with Crippen LogP contribution in [-0.2, 0) is 13.2 Å². The number of hydrogen-bond acceptors (Lipinski definition) is 4. The van der Waals surface area contributed by atoms with Gasteiger partial charge < -0.3 is 19.7 Å². The summed E-state index contributed by atoms with van der Waals surface area (Å²) in [7, 11) is 0. The van der Waals surface area contributed by atoms with Gasteiger partial charge in [0.1, 0.15) is 18.1 Å². The first kappa shape index (κ1) is 40.9. The molecule has 5 aromatic heterocycles. The molecule has 10 rings (SSSR count). The number of aromatic amines is 3. The molecule has 0 fully saturated rings. The number of nitrogens with zero attached hydrogens (tertiary/aromatic N) is 4. The minimum Gasteiger partial charge on any atom is -0.487 e. The van der Waals surface area contributed by atoms with E-state index in [0.717, 1.165) is 5.56 Å². The average molecular weight is 894 g/mol. The van der Waals surface area contributed by atoms with Crippen LogP contribution in [0, 0.1) is 58.2 Å². The van der Waals surface area contributed by atoms with Crippen molar-refractivity contribution in [1.82, 2.24) is 34.9 Å². The first-order chi connectivity index (χ1) is 31.4. The molecule has 0 radical (unpaired) electrons. The number of benzene rings is 4. The fourth-order valence-corrected chi connectivity index (χ4v) is 7.76. The van der Waals surface area contributed by atoms with E-state index >= 15 is 17.6 Å². The van der Waals surface area contributed by atoms with E-state index in [4.69, 9.17) is 4.74 Å². The van der Waals surface area contributed by atoms with E-state index in [1.807, 2.05) is 30.3 Å². The van der Waals surface area contributed by atoms with Crippen molar-refractivity contribution in [3.05, 3.63) is 178 Å². The molecule has 6 heterocycles. The van der Waals surface area contributed by atoms with Crippen molar-refractivity contribution >= 4 is 45.3 Å². The van der Waals surface area contributed by atoms with Gasteiger partial charge in [-0.2, -0.15) is 0 Å². The molecule has 18 heteroatoms. The Morgan fingerprint density at radius 3 is 1.45 bits per heavy atom. The SMILES string of the molecule is Fc1c(F)c(F)c(-c2c3nc(c(-c4ccc(OCc5cn(Cc6ccccc6)nn5)cc4)c4ccc([nH]4)c(-c4c(F)c(F)c(F)c(F)c4F)c4ccc([nH]4)c4ccc2[nH]4)C=C3)c(F)c1F. The highest BCUT2D eigenvalue weighted by Gasteiger charge is 2.31. The number of ether oxygens (including phenoxy) is 1. The van der Waals surface area contributed by atoms with Crippen molar-refractivity contribution in [2.75, 3.05) is 0 Å². The monoisotopic (exact) mass is 893 g/mol. The van der Waals surface area contributed by atoms with Gasteiger partial charge in [0.25, 0.3) is 0 Å². The molecule has 0 aliphatic carbocycles. The molecular formula is C47H25F10N7O. The molecule has 3 N–H and O–H groups in total. The van der Waals surface area contributed by atoms with Crippen LogP contribution in [0.3, 0.4) is 0 Å². The van der Waals surface area contributed by atoms with Gasteiger partial charge in [0.05, 0.1) is 46.3 Å². The van der Waals surface area contributed by atoms with Gasteiger partial charge in [-0.1, -0.05) is 47.7 Å². The van der Waals surface area contributed by atoms with Gasteiger partial charge in [-0.15, -0.1) is 5.10 Å². The molecule has 0 saturated heterocycles. The molecular weight excluding hydrogens is 869 g/mol. The Morgan fingerprint density at radius 2 is 0.892 bits per heavy atom. The first-order valence-electron chi connectivity index (χ1n) is 19.4.